The maximum absolute atomic E-state index is 14.4. The van der Waals surface area contributed by atoms with E-state index in [9.17, 15) is 17.6 Å². The molecular formula is C24H23FN2O5S. The van der Waals surface area contributed by atoms with E-state index in [4.69, 9.17) is 9.47 Å². The number of fused-ring (bicyclic) bond motifs is 1. The molecule has 33 heavy (non-hydrogen) atoms. The zero-order valence-corrected chi connectivity index (χ0v) is 18.7. The second kappa shape index (κ2) is 9.60. The van der Waals surface area contributed by atoms with Gasteiger partial charge in [0.15, 0.2) is 11.5 Å². The van der Waals surface area contributed by atoms with Gasteiger partial charge in [-0.25, -0.2) is 17.5 Å². The largest absolute Gasteiger partial charge is 0.486 e. The number of rotatable bonds is 7. The van der Waals surface area contributed by atoms with Crippen LogP contribution < -0.4 is 19.5 Å². The maximum atomic E-state index is 14.4. The Hall–Kier alpha value is -3.43. The lowest BCUT2D eigenvalue weighted by molar-refractivity contribution is 0.0943. The third-order valence-corrected chi connectivity index (χ3v) is 6.61. The Balaban J connectivity index is 1.45. The highest BCUT2D eigenvalue weighted by Crippen LogP contribution is 2.30. The first kappa shape index (κ1) is 22.8. The topological polar surface area (TPSA) is 93.7 Å². The second-order valence-corrected chi connectivity index (χ2v) is 9.23. The number of para-hydroxylation sites is 2. The fraction of sp³-hybridized carbons (Fsp3) is 0.208. The number of halogens is 1. The Morgan fingerprint density at radius 3 is 2.52 bits per heavy atom. The lowest BCUT2D eigenvalue weighted by atomic mass is 10.1. The van der Waals surface area contributed by atoms with Gasteiger partial charge < -0.3 is 14.8 Å². The van der Waals surface area contributed by atoms with E-state index in [-0.39, 0.29) is 18.7 Å². The summed E-state index contributed by atoms with van der Waals surface area (Å²) in [6.07, 6.45) is 0.278. The Labute approximate surface area is 191 Å². The molecule has 0 saturated carbocycles. The molecule has 2 N–H and O–H groups in total. The molecule has 0 aliphatic carbocycles. The highest BCUT2D eigenvalue weighted by atomic mass is 32.2. The normalized spacial score (nSPS) is 15.2. The molecule has 172 valence electrons. The van der Waals surface area contributed by atoms with Crippen molar-refractivity contribution in [2.24, 2.45) is 0 Å². The van der Waals surface area contributed by atoms with Crippen LogP contribution in [0, 0.1) is 5.82 Å². The number of carbonyl (C=O) groups excluding carboxylic acids is 1. The first-order valence-corrected chi connectivity index (χ1v) is 11.9. The maximum Gasteiger partial charge on any atom is 0.255 e. The lowest BCUT2D eigenvalue weighted by Crippen LogP contribution is -2.40. The summed E-state index contributed by atoms with van der Waals surface area (Å²) in [5, 5.41) is 2.69. The van der Waals surface area contributed by atoms with E-state index in [1.54, 1.807) is 36.4 Å². The van der Waals surface area contributed by atoms with E-state index in [1.165, 1.54) is 6.07 Å². The van der Waals surface area contributed by atoms with Crippen LogP contribution in [0.4, 0.5) is 10.1 Å². The average Bonchev–Trinajstić information content (AvgIpc) is 2.83. The van der Waals surface area contributed by atoms with Gasteiger partial charge in [0, 0.05) is 11.3 Å². The predicted octanol–water partition coefficient (Wildman–Crippen LogP) is 3.76. The lowest BCUT2D eigenvalue weighted by Gasteiger charge is -2.26. The number of ether oxygens (including phenoxy) is 2. The predicted molar refractivity (Wildman–Crippen MR) is 122 cm³/mol. The number of aryl methyl sites for hydroxylation is 1. The number of anilines is 1. The van der Waals surface area contributed by atoms with Gasteiger partial charge in [-0.05, 0) is 54.4 Å². The Morgan fingerprint density at radius 2 is 1.79 bits per heavy atom. The third-order valence-electron chi connectivity index (χ3n) is 5.17. The van der Waals surface area contributed by atoms with Crippen LogP contribution in [0.2, 0.25) is 0 Å². The van der Waals surface area contributed by atoms with Gasteiger partial charge in [0.25, 0.3) is 5.91 Å². The zero-order chi connectivity index (χ0) is 23.4. The van der Waals surface area contributed by atoms with Crippen LogP contribution in [-0.4, -0.2) is 33.6 Å². The standard InChI is InChI=1S/C24H23FN2O5S/c1-2-16-7-10-18(11-8-16)27-24(28)17-9-12-20(25)23(13-17)33(29,30)26-14-19-15-31-21-5-3-4-6-22(21)32-19/h3-13,19,26H,2,14-15H2,1H3,(H,27,28)/t19-/m0/s1. The first-order valence-electron chi connectivity index (χ1n) is 10.4. The van der Waals surface area contributed by atoms with Crippen LogP contribution >= 0.6 is 0 Å². The van der Waals surface area contributed by atoms with Crippen LogP contribution in [-0.2, 0) is 16.4 Å². The number of benzene rings is 3. The van der Waals surface area contributed by atoms with Crippen LogP contribution in [0.1, 0.15) is 22.8 Å². The van der Waals surface area contributed by atoms with E-state index in [0.717, 1.165) is 24.1 Å². The van der Waals surface area contributed by atoms with Gasteiger partial charge in [0.2, 0.25) is 10.0 Å². The smallest absolute Gasteiger partial charge is 0.255 e. The minimum atomic E-state index is -4.25. The molecule has 1 aliphatic heterocycles. The molecule has 4 rings (SSSR count). The van der Waals surface area contributed by atoms with E-state index in [1.807, 2.05) is 19.1 Å². The molecule has 0 spiro atoms. The van der Waals surface area contributed by atoms with Crippen LogP contribution in [0.5, 0.6) is 11.5 Å². The summed E-state index contributed by atoms with van der Waals surface area (Å²) in [5.41, 5.74) is 1.69. The van der Waals surface area contributed by atoms with Crippen molar-refractivity contribution >= 4 is 21.6 Å². The van der Waals surface area contributed by atoms with Gasteiger partial charge in [-0.1, -0.05) is 31.2 Å². The summed E-state index contributed by atoms with van der Waals surface area (Å²) in [6.45, 7) is 2.03. The van der Waals surface area contributed by atoms with Crippen molar-refractivity contribution in [1.82, 2.24) is 4.72 Å². The Bertz CT molecular complexity index is 1260. The summed E-state index contributed by atoms with van der Waals surface area (Å²) in [5.74, 6) is -0.427. The van der Waals surface area contributed by atoms with E-state index >= 15 is 0 Å². The Morgan fingerprint density at radius 1 is 1.06 bits per heavy atom. The molecule has 0 saturated heterocycles. The number of hydrogen-bond acceptors (Lipinski definition) is 5. The minimum Gasteiger partial charge on any atom is -0.486 e. The Kier molecular flexibility index (Phi) is 6.62. The van der Waals surface area contributed by atoms with Crippen LogP contribution in [0.25, 0.3) is 0 Å². The van der Waals surface area contributed by atoms with E-state index in [2.05, 4.69) is 10.0 Å². The fourth-order valence-corrected chi connectivity index (χ4v) is 4.49. The molecule has 0 radical (unpaired) electrons. The number of amides is 1. The SMILES string of the molecule is CCc1ccc(NC(=O)c2ccc(F)c(S(=O)(=O)NC[C@H]3COc4ccccc4O3)c2)cc1. The molecule has 1 heterocycles. The summed E-state index contributed by atoms with van der Waals surface area (Å²) in [4.78, 5) is 12.0. The summed E-state index contributed by atoms with van der Waals surface area (Å²) in [7, 11) is -4.25. The summed E-state index contributed by atoms with van der Waals surface area (Å²) in [6, 6.07) is 17.5. The molecule has 1 atom stereocenters. The van der Waals surface area contributed by atoms with Gasteiger partial charge >= 0.3 is 0 Å². The number of sulfonamides is 1. The monoisotopic (exact) mass is 470 g/mol. The third kappa shape index (κ3) is 5.32. The quantitative estimate of drug-likeness (QED) is 0.549. The first-order chi connectivity index (χ1) is 15.9. The van der Waals surface area contributed by atoms with Crippen molar-refractivity contribution in [2.75, 3.05) is 18.5 Å². The fourth-order valence-electron chi connectivity index (χ4n) is 3.32. The molecule has 1 aliphatic rings. The van der Waals surface area contributed by atoms with Crippen molar-refractivity contribution < 1.29 is 27.1 Å². The number of carbonyl (C=O) groups is 1. The molecular weight excluding hydrogens is 447 g/mol. The number of nitrogens with one attached hydrogen (secondary N) is 2. The van der Waals surface area contributed by atoms with Crippen LogP contribution in [0.15, 0.2) is 71.6 Å². The van der Waals surface area contributed by atoms with E-state index < -0.39 is 32.7 Å². The van der Waals surface area contributed by atoms with Gasteiger partial charge in [0.05, 0.1) is 6.54 Å². The molecule has 0 aromatic heterocycles. The summed E-state index contributed by atoms with van der Waals surface area (Å²) >= 11 is 0. The van der Waals surface area contributed by atoms with Gasteiger partial charge in [-0.2, -0.15) is 0 Å². The van der Waals surface area contributed by atoms with Crippen molar-refractivity contribution in [3.63, 3.8) is 0 Å². The van der Waals surface area contributed by atoms with Crippen molar-refractivity contribution in [3.8, 4) is 11.5 Å². The van der Waals surface area contributed by atoms with Crippen molar-refractivity contribution in [1.29, 1.82) is 0 Å². The van der Waals surface area contributed by atoms with Gasteiger partial charge in [-0.15, -0.1) is 0 Å². The average molecular weight is 471 g/mol. The van der Waals surface area contributed by atoms with Gasteiger partial charge in [0.1, 0.15) is 23.4 Å². The molecule has 0 bridgehead atoms. The molecule has 3 aromatic carbocycles. The highest BCUT2D eigenvalue weighted by Gasteiger charge is 2.26. The number of hydrogen-bond donors (Lipinski definition) is 2. The highest BCUT2D eigenvalue weighted by molar-refractivity contribution is 7.89. The molecule has 9 heteroatoms. The molecule has 1 amide bonds. The van der Waals surface area contributed by atoms with Gasteiger partial charge in [-0.3, -0.25) is 4.79 Å². The van der Waals surface area contributed by atoms with Crippen LogP contribution in [0.3, 0.4) is 0 Å². The van der Waals surface area contributed by atoms with Crippen molar-refractivity contribution in [3.05, 3.63) is 83.7 Å². The van der Waals surface area contributed by atoms with E-state index in [0.29, 0.717) is 17.2 Å². The molecule has 3 aromatic rings. The molecule has 0 unspecified atom stereocenters. The zero-order valence-electron chi connectivity index (χ0n) is 17.9. The summed E-state index contributed by atoms with van der Waals surface area (Å²) < 4.78 is 53.6. The van der Waals surface area contributed by atoms with Crippen molar-refractivity contribution in [2.45, 2.75) is 24.3 Å². The second-order valence-electron chi connectivity index (χ2n) is 7.50. The molecule has 0 fully saturated rings. The minimum absolute atomic E-state index is 0.0162. The molecule has 7 nitrogen and oxygen atoms in total.